The lowest BCUT2D eigenvalue weighted by Gasteiger charge is -2.09. The van der Waals surface area contributed by atoms with Crippen molar-refractivity contribution in [3.8, 4) is 6.07 Å². The highest BCUT2D eigenvalue weighted by Gasteiger charge is 1.98. The lowest BCUT2D eigenvalue weighted by atomic mass is 10.3. The van der Waals surface area contributed by atoms with Crippen LogP contribution in [0.15, 0.2) is 11.4 Å². The smallest absolute Gasteiger partial charge is 0.100 e. The van der Waals surface area contributed by atoms with Gasteiger partial charge in [-0.2, -0.15) is 5.26 Å². The van der Waals surface area contributed by atoms with Crippen molar-refractivity contribution in [3.63, 3.8) is 0 Å². The molecule has 0 amide bonds. The molecule has 0 atom stereocenters. The van der Waals surface area contributed by atoms with Crippen LogP contribution in [-0.2, 0) is 6.54 Å². The van der Waals surface area contributed by atoms with Gasteiger partial charge in [0.25, 0.3) is 0 Å². The highest BCUT2D eigenvalue weighted by Crippen LogP contribution is 2.13. The van der Waals surface area contributed by atoms with Gasteiger partial charge < -0.3 is 10.2 Å². The summed E-state index contributed by atoms with van der Waals surface area (Å²) < 4.78 is 0. The number of hydrogen-bond acceptors (Lipinski definition) is 4. The van der Waals surface area contributed by atoms with Gasteiger partial charge in [0, 0.05) is 16.8 Å². The molecule has 1 rings (SSSR count). The Hall–Kier alpha value is -0.890. The molecule has 0 saturated heterocycles. The molecule has 0 aliphatic rings. The van der Waals surface area contributed by atoms with Gasteiger partial charge in [-0.05, 0) is 39.7 Å². The molecule has 1 aromatic heterocycles. The maximum Gasteiger partial charge on any atom is 0.100 e. The molecule has 1 N–H and O–H groups in total. The van der Waals surface area contributed by atoms with Gasteiger partial charge in [-0.3, -0.25) is 0 Å². The molecule has 0 saturated carbocycles. The first-order valence-electron chi connectivity index (χ1n) is 5.05. The molecule has 0 aliphatic heterocycles. The summed E-state index contributed by atoms with van der Waals surface area (Å²) in [6.07, 6.45) is 1.16. The Morgan fingerprint density at radius 2 is 2.33 bits per heavy atom. The lowest BCUT2D eigenvalue weighted by molar-refractivity contribution is 0.394. The van der Waals surface area contributed by atoms with Crippen LogP contribution < -0.4 is 5.32 Å². The Balaban J connectivity index is 2.13. The van der Waals surface area contributed by atoms with Crippen LogP contribution in [0.25, 0.3) is 0 Å². The fourth-order valence-corrected chi connectivity index (χ4v) is 2.04. The number of nitrogens with one attached hydrogen (secondary N) is 1. The van der Waals surface area contributed by atoms with Gasteiger partial charge in [-0.25, -0.2) is 0 Å². The molecule has 0 aliphatic carbocycles. The minimum absolute atomic E-state index is 0.769. The van der Waals surface area contributed by atoms with Crippen molar-refractivity contribution in [3.05, 3.63) is 21.9 Å². The average molecular weight is 223 g/mol. The van der Waals surface area contributed by atoms with Crippen LogP contribution >= 0.6 is 11.3 Å². The summed E-state index contributed by atoms with van der Waals surface area (Å²) in [6, 6.07) is 4.09. The molecule has 82 valence electrons. The van der Waals surface area contributed by atoms with Crippen molar-refractivity contribution in [2.75, 3.05) is 27.2 Å². The van der Waals surface area contributed by atoms with Crippen LogP contribution in [0.5, 0.6) is 0 Å². The molecule has 0 unspecified atom stereocenters. The van der Waals surface area contributed by atoms with E-state index in [0.29, 0.717) is 0 Å². The second kappa shape index (κ2) is 6.57. The Labute approximate surface area is 95.3 Å². The van der Waals surface area contributed by atoms with Crippen molar-refractivity contribution in [2.24, 2.45) is 0 Å². The number of nitrogens with zero attached hydrogens (tertiary/aromatic N) is 2. The Bertz CT molecular complexity index is 325. The van der Waals surface area contributed by atoms with Crippen LogP contribution in [0.3, 0.4) is 0 Å². The van der Waals surface area contributed by atoms with E-state index in [4.69, 9.17) is 5.26 Å². The molecule has 0 radical (unpaired) electrons. The van der Waals surface area contributed by atoms with Gasteiger partial charge in [-0.1, -0.05) is 0 Å². The molecular weight excluding hydrogens is 206 g/mol. The number of nitriles is 1. The predicted molar refractivity (Wildman–Crippen MR) is 63.9 cm³/mol. The summed E-state index contributed by atoms with van der Waals surface area (Å²) in [5.41, 5.74) is 0.769. The minimum atomic E-state index is 0.769. The fourth-order valence-electron chi connectivity index (χ4n) is 1.26. The van der Waals surface area contributed by atoms with Crippen molar-refractivity contribution in [1.29, 1.82) is 5.26 Å². The van der Waals surface area contributed by atoms with Gasteiger partial charge in [-0.15, -0.1) is 11.3 Å². The van der Waals surface area contributed by atoms with E-state index in [1.165, 1.54) is 4.88 Å². The highest BCUT2D eigenvalue weighted by atomic mass is 32.1. The summed E-state index contributed by atoms with van der Waals surface area (Å²) in [5, 5.41) is 13.9. The second-order valence-corrected chi connectivity index (χ2v) is 4.74. The molecule has 1 heterocycles. The van der Waals surface area contributed by atoms with Crippen LogP contribution in [0.4, 0.5) is 0 Å². The van der Waals surface area contributed by atoms with E-state index in [2.05, 4.69) is 30.4 Å². The summed E-state index contributed by atoms with van der Waals surface area (Å²) in [6.45, 7) is 3.01. The molecule has 0 fully saturated rings. The fraction of sp³-hybridized carbons (Fsp3) is 0.545. The molecule has 0 aromatic carbocycles. The first-order valence-corrected chi connectivity index (χ1v) is 5.93. The molecule has 1 aromatic rings. The van der Waals surface area contributed by atoms with Crippen LogP contribution in [-0.4, -0.2) is 32.1 Å². The lowest BCUT2D eigenvalue weighted by Crippen LogP contribution is -2.20. The topological polar surface area (TPSA) is 39.1 Å². The summed E-state index contributed by atoms with van der Waals surface area (Å²) in [5.74, 6) is 0. The van der Waals surface area contributed by atoms with Gasteiger partial charge in [0.1, 0.15) is 6.07 Å². The molecule has 3 nitrogen and oxygen atoms in total. The minimum Gasteiger partial charge on any atom is -0.312 e. The largest absolute Gasteiger partial charge is 0.312 e. The Morgan fingerprint density at radius 1 is 1.53 bits per heavy atom. The second-order valence-electron chi connectivity index (χ2n) is 3.75. The molecule has 15 heavy (non-hydrogen) atoms. The molecule has 4 heteroatoms. The summed E-state index contributed by atoms with van der Waals surface area (Å²) in [4.78, 5) is 3.41. The van der Waals surface area contributed by atoms with E-state index in [1.54, 1.807) is 11.3 Å². The third-order valence-electron chi connectivity index (χ3n) is 2.04. The zero-order valence-electron chi connectivity index (χ0n) is 9.29. The standard InChI is InChI=1S/C11H17N3S/c1-14(2)5-3-4-13-8-11-6-10(7-12)9-15-11/h6,9,13H,3-5,8H2,1-2H3. The first kappa shape index (κ1) is 12.2. The van der Waals surface area contributed by atoms with Crippen molar-refractivity contribution in [2.45, 2.75) is 13.0 Å². The van der Waals surface area contributed by atoms with E-state index >= 15 is 0 Å². The van der Waals surface area contributed by atoms with E-state index in [0.717, 1.165) is 31.6 Å². The predicted octanol–water partition coefficient (Wildman–Crippen LogP) is 1.66. The van der Waals surface area contributed by atoms with Crippen molar-refractivity contribution >= 4 is 11.3 Å². The third-order valence-corrected chi connectivity index (χ3v) is 2.98. The van der Waals surface area contributed by atoms with E-state index < -0.39 is 0 Å². The summed E-state index contributed by atoms with van der Waals surface area (Å²) in [7, 11) is 4.16. The normalized spacial score (nSPS) is 10.5. The van der Waals surface area contributed by atoms with Gasteiger partial charge in [0.05, 0.1) is 5.56 Å². The maximum atomic E-state index is 8.65. The van der Waals surface area contributed by atoms with Gasteiger partial charge >= 0.3 is 0 Å². The quantitative estimate of drug-likeness (QED) is 0.746. The average Bonchev–Trinajstić information content (AvgIpc) is 2.65. The number of rotatable bonds is 6. The van der Waals surface area contributed by atoms with Crippen LogP contribution in [0, 0.1) is 11.3 Å². The van der Waals surface area contributed by atoms with E-state index in [9.17, 15) is 0 Å². The zero-order valence-corrected chi connectivity index (χ0v) is 10.1. The first-order chi connectivity index (χ1) is 7.22. The van der Waals surface area contributed by atoms with Crippen molar-refractivity contribution < 1.29 is 0 Å². The van der Waals surface area contributed by atoms with Crippen molar-refractivity contribution in [1.82, 2.24) is 10.2 Å². The Kier molecular flexibility index (Phi) is 5.33. The molecular formula is C11H17N3S. The summed E-state index contributed by atoms with van der Waals surface area (Å²) >= 11 is 1.64. The monoisotopic (exact) mass is 223 g/mol. The Morgan fingerprint density at radius 3 is 2.93 bits per heavy atom. The number of thiophene rings is 1. The van der Waals surface area contributed by atoms with Gasteiger partial charge in [0.2, 0.25) is 0 Å². The zero-order chi connectivity index (χ0) is 11.1. The molecule has 0 spiro atoms. The van der Waals surface area contributed by atoms with Gasteiger partial charge in [0.15, 0.2) is 0 Å². The van der Waals surface area contributed by atoms with Crippen LogP contribution in [0.1, 0.15) is 16.9 Å². The third kappa shape index (κ3) is 4.93. The molecule has 0 bridgehead atoms. The van der Waals surface area contributed by atoms with E-state index in [-0.39, 0.29) is 0 Å². The highest BCUT2D eigenvalue weighted by molar-refractivity contribution is 7.10. The SMILES string of the molecule is CN(C)CCCNCc1cc(C#N)cs1. The maximum absolute atomic E-state index is 8.65. The van der Waals surface area contributed by atoms with Crippen LogP contribution in [0.2, 0.25) is 0 Å². The van der Waals surface area contributed by atoms with E-state index in [1.807, 2.05) is 11.4 Å². The number of hydrogen-bond donors (Lipinski definition) is 1.